The minimum atomic E-state index is -2.86. The average molecular weight is 987 g/mol. The maximum atomic E-state index is 6.01. The van der Waals surface area contributed by atoms with Crippen LogP contribution in [0, 0.1) is 0 Å². The van der Waals surface area contributed by atoms with Crippen LogP contribution in [-0.2, 0) is 0 Å². The first-order valence-corrected chi connectivity index (χ1v) is 29.0. The summed E-state index contributed by atoms with van der Waals surface area (Å²) < 4.78 is 9.91. The number of fused-ring (bicyclic) bond motifs is 16. The van der Waals surface area contributed by atoms with E-state index >= 15 is 0 Å². The second kappa shape index (κ2) is 15.6. The van der Waals surface area contributed by atoms with E-state index in [1.807, 2.05) is 11.8 Å². The summed E-state index contributed by atoms with van der Waals surface area (Å²) >= 11 is 7.90. The van der Waals surface area contributed by atoms with Gasteiger partial charge in [-0.1, -0.05) is 12.1 Å². The Hall–Kier alpha value is -8.25. The van der Waals surface area contributed by atoms with Crippen molar-refractivity contribution in [2.45, 2.75) is 9.79 Å². The van der Waals surface area contributed by atoms with Gasteiger partial charge in [-0.2, -0.15) is 0 Å². The van der Waals surface area contributed by atoms with E-state index in [1.165, 1.54) is 113 Å². The van der Waals surface area contributed by atoms with Gasteiger partial charge in [0.15, 0.2) is 0 Å². The number of benzene rings is 11. The molecule has 0 saturated heterocycles. The van der Waals surface area contributed by atoms with Gasteiger partial charge in [0.1, 0.15) is 0 Å². The van der Waals surface area contributed by atoms with Crippen LogP contribution in [0.1, 0.15) is 0 Å². The van der Waals surface area contributed by atoms with E-state index in [1.54, 1.807) is 0 Å². The van der Waals surface area contributed by atoms with Crippen LogP contribution in [0.25, 0.3) is 110 Å². The molecule has 0 unspecified atom stereocenters. The summed E-state index contributed by atoms with van der Waals surface area (Å²) in [5.74, 6) is 0. The normalized spacial score (nSPS) is 13.8. The van der Waals surface area contributed by atoms with Crippen molar-refractivity contribution in [2.24, 2.45) is 0 Å². The van der Waals surface area contributed by atoms with Crippen LogP contribution in [0.4, 0.5) is 0 Å². The molecule has 0 aliphatic carbocycles. The minimum absolute atomic E-state index is 1.14. The molecule has 4 aromatic heterocycles. The van der Waals surface area contributed by atoms with Crippen LogP contribution >= 0.6 is 30.5 Å². The summed E-state index contributed by atoms with van der Waals surface area (Å²) in [5.41, 5.74) is 14.2. The van der Waals surface area contributed by atoms with E-state index in [4.69, 9.17) is 12.2 Å². The molecule has 1 aliphatic heterocycles. The topological polar surface area (TPSA) is 19.7 Å². The van der Waals surface area contributed by atoms with Crippen molar-refractivity contribution in [3.8, 4) is 22.7 Å². The Kier molecular flexibility index (Phi) is 8.86. The molecule has 7 heteroatoms. The van der Waals surface area contributed by atoms with E-state index in [0.29, 0.717) is 0 Å². The van der Waals surface area contributed by atoms with Crippen molar-refractivity contribution in [1.82, 2.24) is 18.3 Å². The van der Waals surface area contributed by atoms with E-state index in [0.717, 1.165) is 22.7 Å². The van der Waals surface area contributed by atoms with Gasteiger partial charge >= 0.3 is 421 Å². The first-order chi connectivity index (χ1) is 36.1. The Morgan fingerprint density at radius 2 is 0.658 bits per heavy atom. The predicted molar refractivity (Wildman–Crippen MR) is 317 cm³/mol. The van der Waals surface area contributed by atoms with Gasteiger partial charge in [0.05, 0.1) is 0 Å². The fourth-order valence-electron chi connectivity index (χ4n) is 12.6. The third-order valence-electron chi connectivity index (χ3n) is 15.6. The van der Waals surface area contributed by atoms with Crippen molar-refractivity contribution in [3.05, 3.63) is 249 Å². The molecule has 0 spiro atoms. The third-order valence-corrected chi connectivity index (χ3v) is 22.9. The van der Waals surface area contributed by atoms with Crippen LogP contribution in [0.15, 0.2) is 259 Å². The molecular weight excluding hydrogens is 944 g/mol. The molecule has 16 rings (SSSR count). The fourth-order valence-corrected chi connectivity index (χ4v) is 19.9. The quantitative estimate of drug-likeness (QED) is 0.135. The van der Waals surface area contributed by atoms with Gasteiger partial charge in [-0.25, -0.2) is 0 Å². The molecular formula is C66H43N4PS2. The van der Waals surface area contributed by atoms with Gasteiger partial charge in [0.25, 0.3) is 0 Å². The van der Waals surface area contributed by atoms with Crippen LogP contribution in [0.2, 0.25) is 0 Å². The number of hydrogen-bond acceptors (Lipinski definition) is 2. The van der Waals surface area contributed by atoms with Gasteiger partial charge in [-0.05, 0) is 0 Å². The van der Waals surface area contributed by atoms with Gasteiger partial charge in [0, 0.05) is 0 Å². The van der Waals surface area contributed by atoms with Crippen molar-refractivity contribution < 1.29 is 0 Å². The molecule has 0 radical (unpaired) electrons. The number of hydrogen-bond donors (Lipinski definition) is 1. The van der Waals surface area contributed by atoms with E-state index in [2.05, 4.69) is 267 Å². The monoisotopic (exact) mass is 986 g/mol. The Morgan fingerprint density at radius 3 is 1.10 bits per heavy atom. The Balaban J connectivity index is 0.947. The second-order valence-electron chi connectivity index (χ2n) is 19.3. The third kappa shape index (κ3) is 5.74. The van der Waals surface area contributed by atoms with Crippen LogP contribution in [-0.4, -0.2) is 18.3 Å². The van der Waals surface area contributed by atoms with Crippen molar-refractivity contribution >= 4 is 134 Å². The summed E-state index contributed by atoms with van der Waals surface area (Å²) in [5, 5.41) is 13.9. The zero-order chi connectivity index (χ0) is 47.9. The molecule has 1 aliphatic rings. The molecule has 0 saturated carbocycles. The van der Waals surface area contributed by atoms with Gasteiger partial charge in [0.2, 0.25) is 0 Å². The van der Waals surface area contributed by atoms with Crippen molar-refractivity contribution in [2.75, 3.05) is 0 Å². The van der Waals surface area contributed by atoms with Gasteiger partial charge in [-0.3, -0.25) is 0 Å². The summed E-state index contributed by atoms with van der Waals surface area (Å²) in [7, 11) is 0. The number of aromatic nitrogens is 4. The number of rotatable bonds is 5. The SMILES string of the molecule is S[PH]1(c2ccccc2)c2ccc(-n3c4ccccc4c4ccc5c(c6ccccc6n5-c5ccccc5)c43)cc2Sc2cc(-n3c4ccccc4c4ccc5c(c6ccccc6n5-c5ccccc5)c43)ccc21. The van der Waals surface area contributed by atoms with E-state index < -0.39 is 6.46 Å². The first-order valence-electron chi connectivity index (χ1n) is 24.9. The average Bonchev–Trinajstić information content (AvgIpc) is 4.19. The first kappa shape index (κ1) is 41.4. The Labute approximate surface area is 430 Å². The number of thiol groups is 1. The molecule has 5 heterocycles. The van der Waals surface area contributed by atoms with Crippen LogP contribution in [0.5, 0.6) is 0 Å². The summed E-state index contributed by atoms with van der Waals surface area (Å²) in [6.45, 7) is -2.86. The molecule has 15 aromatic rings. The molecule has 0 atom stereocenters. The zero-order valence-corrected chi connectivity index (χ0v) is 42.0. The van der Waals surface area contributed by atoms with Crippen molar-refractivity contribution in [3.63, 3.8) is 0 Å². The Morgan fingerprint density at radius 1 is 0.288 bits per heavy atom. The van der Waals surface area contributed by atoms with E-state index in [-0.39, 0.29) is 0 Å². The predicted octanol–water partition coefficient (Wildman–Crippen LogP) is 16.4. The molecule has 344 valence electrons. The standard InChI is InChI=1S/C66H43N4PS2/c72-71(46-22-8-3-9-23-46)59-38-32-44(69-53-28-14-10-24-47(53)49-34-36-57-63(65(49)69)51-26-12-16-30-55(51)67(57)42-18-4-1-5-19-42)40-61(59)73-62-41-45(33-39-60(62)71)70-54-29-15-11-25-48(54)50-35-37-58-64(66(50)70)52-27-13-17-31-56(52)68(58)43-20-6-2-7-21-43/h1-41,71-72H. The molecule has 0 bridgehead atoms. The van der Waals surface area contributed by atoms with Crippen LogP contribution < -0.4 is 15.9 Å². The Bertz CT molecular complexity index is 4500. The molecule has 0 N–H and O–H groups in total. The fraction of sp³-hybridized carbons (Fsp3) is 0. The van der Waals surface area contributed by atoms with Crippen LogP contribution in [0.3, 0.4) is 0 Å². The number of para-hydroxylation sites is 6. The summed E-state index contributed by atoms with van der Waals surface area (Å²) in [6, 6.07) is 92.0. The molecule has 0 fully saturated rings. The number of nitrogens with zero attached hydrogens (tertiary/aromatic N) is 4. The summed E-state index contributed by atoms with van der Waals surface area (Å²) in [4.78, 5) is 2.49. The van der Waals surface area contributed by atoms with Gasteiger partial charge in [-0.15, -0.1) is 0 Å². The zero-order valence-electron chi connectivity index (χ0n) is 39.3. The molecule has 0 amide bonds. The van der Waals surface area contributed by atoms with E-state index in [9.17, 15) is 0 Å². The maximum absolute atomic E-state index is 6.01. The van der Waals surface area contributed by atoms with Gasteiger partial charge < -0.3 is 0 Å². The summed E-state index contributed by atoms with van der Waals surface area (Å²) in [6.07, 6.45) is 0. The molecule has 73 heavy (non-hydrogen) atoms. The molecule has 4 nitrogen and oxygen atoms in total. The second-order valence-corrected chi connectivity index (χ2v) is 25.5. The van der Waals surface area contributed by atoms with Crippen molar-refractivity contribution in [1.29, 1.82) is 0 Å². The molecule has 11 aromatic carbocycles.